The third-order valence-electron chi connectivity index (χ3n) is 2.67. The molecular formula is C12H14N2O2. The highest BCUT2D eigenvalue weighted by molar-refractivity contribution is 5.92. The molecule has 0 saturated carbocycles. The maximum absolute atomic E-state index is 11.6. The third kappa shape index (κ3) is 2.21. The van der Waals surface area contributed by atoms with Crippen LogP contribution < -0.4 is 5.32 Å². The van der Waals surface area contributed by atoms with Crippen LogP contribution in [0.5, 0.6) is 0 Å². The summed E-state index contributed by atoms with van der Waals surface area (Å²) in [4.78, 5) is 24.4. The second kappa shape index (κ2) is 4.35. The van der Waals surface area contributed by atoms with Crippen LogP contribution in [0.3, 0.4) is 0 Å². The molecule has 0 bridgehead atoms. The van der Waals surface area contributed by atoms with E-state index in [0.717, 1.165) is 5.56 Å². The predicted molar refractivity (Wildman–Crippen MR) is 59.7 cm³/mol. The van der Waals surface area contributed by atoms with Crippen LogP contribution in [0.4, 0.5) is 0 Å². The van der Waals surface area contributed by atoms with E-state index >= 15 is 0 Å². The average Bonchev–Trinajstić information content (AvgIpc) is 2.29. The Hall–Kier alpha value is -1.84. The highest BCUT2D eigenvalue weighted by Crippen LogP contribution is 2.07. The van der Waals surface area contributed by atoms with Gasteiger partial charge in [-0.15, -0.1) is 0 Å². The summed E-state index contributed by atoms with van der Waals surface area (Å²) < 4.78 is 0. The van der Waals surface area contributed by atoms with E-state index in [2.05, 4.69) is 5.32 Å². The van der Waals surface area contributed by atoms with Crippen molar-refractivity contribution in [3.63, 3.8) is 0 Å². The molecule has 1 unspecified atom stereocenters. The van der Waals surface area contributed by atoms with Crippen molar-refractivity contribution in [2.45, 2.75) is 12.5 Å². The molecule has 0 radical (unpaired) electrons. The monoisotopic (exact) mass is 218 g/mol. The Bertz CT molecular complexity index is 403. The first-order valence-electron chi connectivity index (χ1n) is 5.25. The van der Waals surface area contributed by atoms with E-state index in [1.54, 1.807) is 11.9 Å². The molecule has 1 aliphatic heterocycles. The predicted octanol–water partition coefficient (Wildman–Crippen LogP) is 0.186. The van der Waals surface area contributed by atoms with Crippen molar-refractivity contribution in [1.82, 2.24) is 10.2 Å². The molecule has 1 fully saturated rings. The largest absolute Gasteiger partial charge is 0.342 e. The minimum Gasteiger partial charge on any atom is -0.342 e. The Morgan fingerprint density at radius 2 is 2.12 bits per heavy atom. The van der Waals surface area contributed by atoms with Crippen molar-refractivity contribution in [2.24, 2.45) is 0 Å². The summed E-state index contributed by atoms with van der Waals surface area (Å²) in [5, 5.41) is 2.71. The van der Waals surface area contributed by atoms with Gasteiger partial charge in [0, 0.05) is 13.6 Å². The molecule has 1 heterocycles. The molecule has 4 heteroatoms. The van der Waals surface area contributed by atoms with Crippen LogP contribution in [0.15, 0.2) is 30.3 Å². The topological polar surface area (TPSA) is 49.4 Å². The number of carbonyl (C=O) groups is 2. The number of benzene rings is 1. The molecule has 0 aliphatic carbocycles. The lowest BCUT2D eigenvalue weighted by Crippen LogP contribution is -2.62. The number of rotatable bonds is 3. The van der Waals surface area contributed by atoms with E-state index in [-0.39, 0.29) is 17.9 Å². The quantitative estimate of drug-likeness (QED) is 0.736. The lowest BCUT2D eigenvalue weighted by molar-refractivity contribution is -0.144. The Labute approximate surface area is 94.2 Å². The molecule has 0 spiro atoms. The molecule has 0 aromatic heterocycles. The van der Waals surface area contributed by atoms with E-state index in [9.17, 15) is 9.59 Å². The standard InChI is InChI=1S/C12H14N2O2/c1-14-8-10(12(14)16)13-11(15)7-9-5-3-2-4-6-9/h2-6,10H,7-8H2,1H3,(H,13,15). The summed E-state index contributed by atoms with van der Waals surface area (Å²) in [6.45, 7) is 0.610. The van der Waals surface area contributed by atoms with E-state index in [4.69, 9.17) is 0 Å². The van der Waals surface area contributed by atoms with Crippen LogP contribution in [-0.4, -0.2) is 36.3 Å². The normalized spacial score (nSPS) is 19.2. The smallest absolute Gasteiger partial charge is 0.246 e. The number of amides is 2. The summed E-state index contributed by atoms with van der Waals surface area (Å²) in [6.07, 6.45) is 0.328. The van der Waals surface area contributed by atoms with Crippen LogP contribution in [0.2, 0.25) is 0 Å². The number of β-lactam (4-membered cyclic amide) rings is 1. The van der Waals surface area contributed by atoms with Crippen LogP contribution in [0.1, 0.15) is 5.56 Å². The summed E-state index contributed by atoms with van der Waals surface area (Å²) in [7, 11) is 1.72. The fraction of sp³-hybridized carbons (Fsp3) is 0.333. The van der Waals surface area contributed by atoms with Crippen molar-refractivity contribution < 1.29 is 9.59 Å². The highest BCUT2D eigenvalue weighted by atomic mass is 16.2. The third-order valence-corrected chi connectivity index (χ3v) is 2.67. The molecule has 1 saturated heterocycles. The van der Waals surface area contributed by atoms with Crippen molar-refractivity contribution >= 4 is 11.8 Å². The minimum atomic E-state index is -0.318. The number of likely N-dealkylation sites (N-methyl/N-ethyl adjacent to an activating group) is 1. The van der Waals surface area contributed by atoms with Gasteiger partial charge in [-0.25, -0.2) is 0 Å². The lowest BCUT2D eigenvalue weighted by Gasteiger charge is -2.35. The molecule has 2 amide bonds. The van der Waals surface area contributed by atoms with Gasteiger partial charge in [0.05, 0.1) is 6.42 Å². The first-order valence-corrected chi connectivity index (χ1v) is 5.25. The molecule has 2 rings (SSSR count). The van der Waals surface area contributed by atoms with Gasteiger partial charge in [-0.2, -0.15) is 0 Å². The zero-order valence-electron chi connectivity index (χ0n) is 9.14. The fourth-order valence-electron chi connectivity index (χ4n) is 1.73. The van der Waals surface area contributed by atoms with E-state index in [1.165, 1.54) is 0 Å². The zero-order chi connectivity index (χ0) is 11.5. The van der Waals surface area contributed by atoms with Crippen LogP contribution in [0, 0.1) is 0 Å². The Morgan fingerprint density at radius 3 is 2.69 bits per heavy atom. The number of nitrogens with zero attached hydrogens (tertiary/aromatic N) is 1. The number of likely N-dealkylation sites (tertiary alicyclic amines) is 1. The molecule has 1 aliphatic rings. The van der Waals surface area contributed by atoms with Gasteiger partial charge in [-0.3, -0.25) is 9.59 Å². The molecule has 84 valence electrons. The van der Waals surface area contributed by atoms with Crippen LogP contribution in [0.25, 0.3) is 0 Å². The Morgan fingerprint density at radius 1 is 1.44 bits per heavy atom. The van der Waals surface area contributed by atoms with Crippen LogP contribution >= 0.6 is 0 Å². The number of nitrogens with one attached hydrogen (secondary N) is 1. The maximum atomic E-state index is 11.6. The summed E-state index contributed by atoms with van der Waals surface area (Å²) in [5.41, 5.74) is 0.958. The van der Waals surface area contributed by atoms with Gasteiger partial charge in [0.15, 0.2) is 0 Å². The second-order valence-corrected chi connectivity index (χ2v) is 4.00. The maximum Gasteiger partial charge on any atom is 0.246 e. The molecule has 16 heavy (non-hydrogen) atoms. The van der Waals surface area contributed by atoms with Crippen molar-refractivity contribution in [3.05, 3.63) is 35.9 Å². The zero-order valence-corrected chi connectivity index (χ0v) is 9.14. The average molecular weight is 218 g/mol. The van der Waals surface area contributed by atoms with Gasteiger partial charge in [0.25, 0.3) is 0 Å². The molecular weight excluding hydrogens is 204 g/mol. The lowest BCUT2D eigenvalue weighted by atomic mass is 10.1. The first kappa shape index (κ1) is 10.7. The molecule has 1 aromatic carbocycles. The number of hydrogen-bond acceptors (Lipinski definition) is 2. The van der Waals surface area contributed by atoms with Crippen LogP contribution in [-0.2, 0) is 16.0 Å². The number of carbonyl (C=O) groups excluding carboxylic acids is 2. The second-order valence-electron chi connectivity index (χ2n) is 4.00. The van der Waals surface area contributed by atoms with Gasteiger partial charge in [-0.1, -0.05) is 30.3 Å². The van der Waals surface area contributed by atoms with Gasteiger partial charge >= 0.3 is 0 Å². The number of hydrogen-bond donors (Lipinski definition) is 1. The Kier molecular flexibility index (Phi) is 2.90. The summed E-state index contributed by atoms with van der Waals surface area (Å²) in [5.74, 6) is -0.112. The van der Waals surface area contributed by atoms with Gasteiger partial charge in [-0.05, 0) is 5.56 Å². The minimum absolute atomic E-state index is 0.0126. The van der Waals surface area contributed by atoms with Gasteiger partial charge < -0.3 is 10.2 Å². The molecule has 1 aromatic rings. The van der Waals surface area contributed by atoms with Crippen molar-refractivity contribution in [3.8, 4) is 0 Å². The van der Waals surface area contributed by atoms with Crippen molar-refractivity contribution in [2.75, 3.05) is 13.6 Å². The first-order chi connectivity index (χ1) is 7.66. The van der Waals surface area contributed by atoms with Gasteiger partial charge in [0.1, 0.15) is 6.04 Å². The van der Waals surface area contributed by atoms with Gasteiger partial charge in [0.2, 0.25) is 11.8 Å². The SMILES string of the molecule is CN1CC(NC(=O)Cc2ccccc2)C1=O. The molecule has 4 nitrogen and oxygen atoms in total. The fourth-order valence-corrected chi connectivity index (χ4v) is 1.73. The molecule has 1 N–H and O–H groups in total. The van der Waals surface area contributed by atoms with E-state index in [0.29, 0.717) is 13.0 Å². The summed E-state index contributed by atoms with van der Waals surface area (Å²) >= 11 is 0. The highest BCUT2D eigenvalue weighted by Gasteiger charge is 2.34. The summed E-state index contributed by atoms with van der Waals surface area (Å²) in [6, 6.07) is 9.17. The van der Waals surface area contributed by atoms with E-state index < -0.39 is 0 Å². The van der Waals surface area contributed by atoms with Crippen molar-refractivity contribution in [1.29, 1.82) is 0 Å². The molecule has 1 atom stereocenters. The van der Waals surface area contributed by atoms with E-state index in [1.807, 2.05) is 30.3 Å². The Balaban J connectivity index is 1.84.